The molecule has 2 aromatic carbocycles. The fourth-order valence-electron chi connectivity index (χ4n) is 4.83. The van der Waals surface area contributed by atoms with E-state index >= 15 is 0 Å². The highest BCUT2D eigenvalue weighted by Gasteiger charge is 2.49. The normalized spacial score (nSPS) is 31.3. The number of carbonyl (C=O) groups is 1. The van der Waals surface area contributed by atoms with E-state index in [-0.39, 0.29) is 41.2 Å². The molecule has 4 bridgehead atoms. The maximum atomic E-state index is 13.1. The van der Waals surface area contributed by atoms with Gasteiger partial charge in [-0.05, 0) is 42.8 Å². The van der Waals surface area contributed by atoms with Gasteiger partial charge in [0.2, 0.25) is 6.29 Å². The predicted octanol–water partition coefficient (Wildman–Crippen LogP) is 1.34. The van der Waals surface area contributed by atoms with Crippen molar-refractivity contribution in [2.24, 2.45) is 11.7 Å². The van der Waals surface area contributed by atoms with Crippen LogP contribution in [-0.4, -0.2) is 93.3 Å². The lowest BCUT2D eigenvalue weighted by atomic mass is 9.88. The summed E-state index contributed by atoms with van der Waals surface area (Å²) in [6.07, 6.45) is -8.33. The predicted molar refractivity (Wildman–Crippen MR) is 141 cm³/mol. The number of aromatic hydroxyl groups is 1. The number of ketones is 1. The van der Waals surface area contributed by atoms with Crippen LogP contribution in [0.4, 0.5) is 0 Å². The molecule has 2 aliphatic rings. The van der Waals surface area contributed by atoms with Crippen molar-refractivity contribution in [1.82, 2.24) is 0 Å². The van der Waals surface area contributed by atoms with Crippen molar-refractivity contribution < 1.29 is 44.5 Å². The quantitative estimate of drug-likeness (QED) is 0.301. The van der Waals surface area contributed by atoms with Crippen molar-refractivity contribution in [2.45, 2.75) is 56.6 Å². The van der Waals surface area contributed by atoms with E-state index in [1.54, 1.807) is 19.1 Å². The van der Waals surface area contributed by atoms with Gasteiger partial charge in [-0.3, -0.25) is 4.79 Å². The number of phenols is 1. The minimum Gasteiger partial charge on any atom is -0.506 e. The van der Waals surface area contributed by atoms with Gasteiger partial charge in [-0.15, -0.1) is 0 Å². The second kappa shape index (κ2) is 12.0. The third kappa shape index (κ3) is 5.66. The highest BCUT2D eigenvalue weighted by atomic mass is 33.1. The van der Waals surface area contributed by atoms with Gasteiger partial charge in [-0.1, -0.05) is 27.7 Å². The summed E-state index contributed by atoms with van der Waals surface area (Å²) < 4.78 is 17.2. The number of aryl methyl sites for hydroxylation is 1. The molecular formula is C25H33NO9S2. The van der Waals surface area contributed by atoms with Gasteiger partial charge in [-0.25, -0.2) is 0 Å². The molecule has 7 atom stereocenters. The SMILES string of the molecule is COc1cc2c3c(O)c(c(C)cc3c1)C(=O)CCSSC[C@@H](CCN)[C@@H](O)[C@@H]1O[C@H](O2)[C@H](O)[C@@H](O)[C@@H]1O. The molecule has 1 fully saturated rings. The average molecular weight is 556 g/mol. The van der Waals surface area contributed by atoms with Crippen LogP contribution in [0.25, 0.3) is 10.8 Å². The van der Waals surface area contributed by atoms with E-state index in [9.17, 15) is 30.3 Å². The molecule has 0 amide bonds. The fraction of sp³-hybridized carbons (Fsp3) is 0.560. The lowest BCUT2D eigenvalue weighted by Gasteiger charge is -2.43. The first-order chi connectivity index (χ1) is 17.7. The highest BCUT2D eigenvalue weighted by Crippen LogP contribution is 2.43. The number of hydrogen-bond donors (Lipinski definition) is 6. The Morgan fingerprint density at radius 2 is 1.84 bits per heavy atom. The van der Waals surface area contributed by atoms with Crippen molar-refractivity contribution in [3.63, 3.8) is 0 Å². The summed E-state index contributed by atoms with van der Waals surface area (Å²) in [7, 11) is 4.37. The zero-order chi connectivity index (χ0) is 26.9. The summed E-state index contributed by atoms with van der Waals surface area (Å²) >= 11 is 0. The van der Waals surface area contributed by atoms with Gasteiger partial charge in [0.25, 0.3) is 0 Å². The van der Waals surface area contributed by atoms with Crippen LogP contribution in [0.5, 0.6) is 17.2 Å². The molecular weight excluding hydrogens is 522 g/mol. The van der Waals surface area contributed by atoms with Gasteiger partial charge in [0.15, 0.2) is 5.78 Å². The Labute approximate surface area is 222 Å². The van der Waals surface area contributed by atoms with Crippen LogP contribution in [0.2, 0.25) is 0 Å². The van der Waals surface area contributed by atoms with Gasteiger partial charge in [0, 0.05) is 24.0 Å². The molecule has 0 unspecified atom stereocenters. The molecule has 12 heteroatoms. The minimum atomic E-state index is -1.68. The van der Waals surface area contributed by atoms with Crippen LogP contribution >= 0.6 is 21.6 Å². The van der Waals surface area contributed by atoms with E-state index in [0.717, 1.165) is 0 Å². The molecule has 204 valence electrons. The summed E-state index contributed by atoms with van der Waals surface area (Å²) in [6, 6.07) is 4.88. The van der Waals surface area contributed by atoms with Gasteiger partial charge in [-0.2, -0.15) is 0 Å². The van der Waals surface area contributed by atoms with Gasteiger partial charge < -0.3 is 45.5 Å². The van der Waals surface area contributed by atoms with Crippen molar-refractivity contribution in [3.8, 4) is 17.2 Å². The first-order valence-corrected chi connectivity index (χ1v) is 14.5. The van der Waals surface area contributed by atoms with E-state index < -0.39 is 42.7 Å². The number of hydrogen-bond acceptors (Lipinski definition) is 12. The third-order valence-corrected chi connectivity index (χ3v) is 9.36. The molecule has 37 heavy (non-hydrogen) atoms. The molecule has 1 saturated heterocycles. The standard InChI is InChI=1S/C25H33NO9S2/c1-11-7-13-8-14(33-2)9-16-18(13)20(29)17(11)15(27)4-6-36-37-10-12(3-5-26)19(28)24-22(31)21(30)23(32)25(34-16)35-24/h7-9,12,19,21-25,28-32H,3-6,10,26H2,1-2H3/t12-,19-,21+,22+,23-,24+,25+/m1/s1. The molecule has 2 aliphatic heterocycles. The number of ether oxygens (including phenoxy) is 3. The topological polar surface area (TPSA) is 172 Å². The van der Waals surface area contributed by atoms with Crippen LogP contribution in [0.1, 0.15) is 28.8 Å². The van der Waals surface area contributed by atoms with Crippen LogP contribution in [0.15, 0.2) is 18.2 Å². The number of rotatable bonds is 3. The maximum absolute atomic E-state index is 13.1. The lowest BCUT2D eigenvalue weighted by molar-refractivity contribution is -0.291. The summed E-state index contributed by atoms with van der Waals surface area (Å²) in [5.74, 6) is 0.456. The first kappa shape index (κ1) is 28.2. The van der Waals surface area contributed by atoms with Gasteiger partial charge in [0.1, 0.15) is 41.7 Å². The molecule has 0 radical (unpaired) electrons. The molecule has 7 N–H and O–H groups in total. The van der Waals surface area contributed by atoms with Gasteiger partial charge in [0.05, 0.1) is 24.2 Å². The second-order valence-corrected chi connectivity index (χ2v) is 11.9. The number of Topliss-reactive ketones (excluding diaryl/α,β-unsaturated/α-hetero) is 1. The number of aliphatic hydroxyl groups is 4. The molecule has 0 aromatic heterocycles. The number of nitrogens with two attached hydrogens (primary N) is 1. The highest BCUT2D eigenvalue weighted by molar-refractivity contribution is 8.76. The van der Waals surface area contributed by atoms with Crippen molar-refractivity contribution >= 4 is 38.1 Å². The number of carbonyl (C=O) groups excluding carboxylic acids is 1. The number of aliphatic hydroxyl groups excluding tert-OH is 4. The third-order valence-electron chi connectivity index (χ3n) is 6.85. The zero-order valence-corrected chi connectivity index (χ0v) is 22.2. The van der Waals surface area contributed by atoms with E-state index in [0.29, 0.717) is 34.6 Å². The maximum Gasteiger partial charge on any atom is 0.229 e. The summed E-state index contributed by atoms with van der Waals surface area (Å²) in [5.41, 5.74) is 6.52. The Balaban J connectivity index is 1.85. The van der Waals surface area contributed by atoms with Gasteiger partial charge >= 0.3 is 0 Å². The molecule has 2 aromatic rings. The Hall–Kier alpha value is -1.77. The first-order valence-electron chi connectivity index (χ1n) is 12.0. The number of methoxy groups -OCH3 is 1. The Kier molecular flexibility index (Phi) is 9.13. The molecule has 2 heterocycles. The number of benzene rings is 2. The van der Waals surface area contributed by atoms with Crippen LogP contribution in [0, 0.1) is 12.8 Å². The second-order valence-electron chi connectivity index (χ2n) is 9.31. The molecule has 10 nitrogen and oxygen atoms in total. The largest absolute Gasteiger partial charge is 0.506 e. The molecule has 0 aliphatic carbocycles. The van der Waals surface area contributed by atoms with Crippen molar-refractivity contribution in [1.29, 1.82) is 0 Å². The Bertz CT molecular complexity index is 1130. The van der Waals surface area contributed by atoms with E-state index in [1.807, 2.05) is 0 Å². The zero-order valence-electron chi connectivity index (χ0n) is 20.6. The molecule has 0 saturated carbocycles. The van der Waals surface area contributed by atoms with E-state index in [4.69, 9.17) is 19.9 Å². The fourth-order valence-corrected chi connectivity index (χ4v) is 7.26. The molecule has 4 rings (SSSR count). The monoisotopic (exact) mass is 555 g/mol. The van der Waals surface area contributed by atoms with E-state index in [2.05, 4.69) is 0 Å². The number of phenolic OH excluding ortho intramolecular Hbond substituents is 1. The Morgan fingerprint density at radius 1 is 1.08 bits per heavy atom. The van der Waals surface area contributed by atoms with Crippen LogP contribution in [-0.2, 0) is 4.74 Å². The van der Waals surface area contributed by atoms with E-state index in [1.165, 1.54) is 34.8 Å². The smallest absolute Gasteiger partial charge is 0.229 e. The van der Waals surface area contributed by atoms with Crippen LogP contribution in [0.3, 0.4) is 0 Å². The number of fused-ring (bicyclic) bond motifs is 3. The summed E-state index contributed by atoms with van der Waals surface area (Å²) in [4.78, 5) is 13.1. The van der Waals surface area contributed by atoms with Crippen molar-refractivity contribution in [2.75, 3.05) is 25.2 Å². The molecule has 0 spiro atoms. The average Bonchev–Trinajstić information content (AvgIpc) is 2.86. The van der Waals surface area contributed by atoms with Crippen molar-refractivity contribution in [3.05, 3.63) is 29.3 Å². The van der Waals surface area contributed by atoms with Crippen LogP contribution < -0.4 is 15.2 Å². The summed E-state index contributed by atoms with van der Waals surface area (Å²) in [5, 5.41) is 55.1. The Morgan fingerprint density at radius 3 is 2.54 bits per heavy atom. The minimum absolute atomic E-state index is 0.0392. The lowest BCUT2D eigenvalue weighted by Crippen LogP contribution is -2.63. The summed E-state index contributed by atoms with van der Waals surface area (Å²) in [6.45, 7) is 2.02.